The fourth-order valence-corrected chi connectivity index (χ4v) is 4.82. The van der Waals surface area contributed by atoms with Gasteiger partial charge in [-0.25, -0.2) is 4.98 Å². The van der Waals surface area contributed by atoms with Crippen LogP contribution in [-0.2, 0) is 9.53 Å². The number of amides is 1. The third-order valence-corrected chi connectivity index (χ3v) is 6.77. The Labute approximate surface area is 215 Å². The summed E-state index contributed by atoms with van der Waals surface area (Å²) >= 11 is 1.69. The molecule has 4 aromatic rings. The number of rotatable bonds is 10. The van der Waals surface area contributed by atoms with Gasteiger partial charge >= 0.3 is 5.97 Å². The lowest BCUT2D eigenvalue weighted by atomic mass is 9.98. The van der Waals surface area contributed by atoms with Gasteiger partial charge in [0.25, 0.3) is 5.91 Å². The average molecular weight is 503 g/mol. The van der Waals surface area contributed by atoms with Crippen LogP contribution in [0.5, 0.6) is 5.75 Å². The fourth-order valence-electron chi connectivity index (χ4n) is 3.84. The predicted molar refractivity (Wildman–Crippen MR) is 143 cm³/mol. The summed E-state index contributed by atoms with van der Waals surface area (Å²) in [6.07, 6.45) is 0.00730. The minimum atomic E-state index is -0.325. The van der Waals surface area contributed by atoms with Crippen LogP contribution in [0.15, 0.2) is 72.8 Å². The van der Waals surface area contributed by atoms with E-state index in [4.69, 9.17) is 14.5 Å². The Morgan fingerprint density at radius 2 is 1.69 bits per heavy atom. The summed E-state index contributed by atoms with van der Waals surface area (Å²) in [6, 6.07) is 23.6. The van der Waals surface area contributed by atoms with Crippen molar-refractivity contribution in [1.29, 1.82) is 0 Å². The number of nitrogens with one attached hydrogen (secondary N) is 1. The van der Waals surface area contributed by atoms with Crippen LogP contribution in [0.1, 0.15) is 49.2 Å². The zero-order valence-corrected chi connectivity index (χ0v) is 21.5. The first-order chi connectivity index (χ1) is 17.4. The van der Waals surface area contributed by atoms with Crippen LogP contribution in [-0.4, -0.2) is 30.0 Å². The van der Waals surface area contributed by atoms with Gasteiger partial charge in [-0.15, -0.1) is 11.3 Å². The van der Waals surface area contributed by atoms with Gasteiger partial charge in [0.1, 0.15) is 16.9 Å². The van der Waals surface area contributed by atoms with Crippen molar-refractivity contribution in [1.82, 2.24) is 10.3 Å². The highest BCUT2D eigenvalue weighted by Crippen LogP contribution is 2.33. The van der Waals surface area contributed by atoms with E-state index in [-0.39, 0.29) is 36.9 Å². The van der Waals surface area contributed by atoms with Crippen LogP contribution >= 0.6 is 11.3 Å². The van der Waals surface area contributed by atoms with Crippen LogP contribution in [0.4, 0.5) is 0 Å². The van der Waals surface area contributed by atoms with Crippen LogP contribution in [0.2, 0.25) is 0 Å². The normalized spacial score (nSPS) is 11.9. The third kappa shape index (κ3) is 6.29. The molecule has 4 rings (SSSR count). The van der Waals surface area contributed by atoms with Crippen molar-refractivity contribution < 1.29 is 19.1 Å². The van der Waals surface area contributed by atoms with Gasteiger partial charge in [0, 0.05) is 17.7 Å². The molecule has 1 atom stereocenters. The molecule has 3 aromatic carbocycles. The minimum absolute atomic E-state index is 0.140. The molecule has 1 amide bonds. The summed E-state index contributed by atoms with van der Waals surface area (Å²) in [5.41, 5.74) is 3.69. The van der Waals surface area contributed by atoms with Crippen molar-refractivity contribution in [2.75, 3.05) is 13.2 Å². The highest BCUT2D eigenvalue weighted by atomic mass is 32.1. The molecule has 0 bridgehead atoms. The summed E-state index contributed by atoms with van der Waals surface area (Å²) in [6.45, 7) is 6.56. The summed E-state index contributed by atoms with van der Waals surface area (Å²) in [7, 11) is 0. The molecule has 36 heavy (non-hydrogen) atoms. The maximum Gasteiger partial charge on any atom is 0.307 e. The fraction of sp³-hybridized carbons (Fsp3) is 0.276. The molecule has 1 heterocycles. The van der Waals surface area contributed by atoms with E-state index < -0.39 is 0 Å². The molecule has 0 radical (unpaired) electrons. The Kier molecular flexibility index (Phi) is 8.33. The zero-order valence-electron chi connectivity index (χ0n) is 20.7. The van der Waals surface area contributed by atoms with Crippen LogP contribution in [0, 0.1) is 5.92 Å². The Balaban J connectivity index is 1.40. The number of ether oxygens (including phenoxy) is 2. The molecule has 186 valence electrons. The van der Waals surface area contributed by atoms with E-state index in [9.17, 15) is 9.59 Å². The minimum Gasteiger partial charge on any atom is -0.485 e. The Hall–Kier alpha value is -3.71. The van der Waals surface area contributed by atoms with E-state index in [0.29, 0.717) is 17.9 Å². The SMILES string of the molecule is CCOC(=O)CCNC(=O)c1ccc(OC(c2ccc(-c3nc4ccccc4s3)cc2)C(C)C)cc1. The van der Waals surface area contributed by atoms with E-state index in [1.165, 1.54) is 4.70 Å². The zero-order chi connectivity index (χ0) is 25.5. The second-order valence-corrected chi connectivity index (χ2v) is 9.76. The molecule has 0 aliphatic carbocycles. The summed E-state index contributed by atoms with van der Waals surface area (Å²) in [5.74, 6) is 0.363. The number of hydrogen-bond acceptors (Lipinski definition) is 6. The number of para-hydroxylation sites is 1. The lowest BCUT2D eigenvalue weighted by molar-refractivity contribution is -0.142. The van der Waals surface area contributed by atoms with Crippen molar-refractivity contribution in [2.24, 2.45) is 5.92 Å². The van der Waals surface area contributed by atoms with Gasteiger partial charge in [-0.05, 0) is 54.8 Å². The number of nitrogens with zero attached hydrogens (tertiary/aromatic N) is 1. The molecular weight excluding hydrogens is 472 g/mol. The van der Waals surface area contributed by atoms with Gasteiger partial charge in [0.15, 0.2) is 0 Å². The average Bonchev–Trinajstić information content (AvgIpc) is 3.32. The largest absolute Gasteiger partial charge is 0.485 e. The first-order valence-electron chi connectivity index (χ1n) is 12.1. The molecule has 0 saturated heterocycles. The van der Waals surface area contributed by atoms with Crippen LogP contribution in [0.25, 0.3) is 20.8 Å². The van der Waals surface area contributed by atoms with Gasteiger partial charge in [-0.2, -0.15) is 0 Å². The van der Waals surface area contributed by atoms with Gasteiger partial charge < -0.3 is 14.8 Å². The van der Waals surface area contributed by atoms with E-state index >= 15 is 0 Å². The molecule has 0 spiro atoms. The first-order valence-corrected chi connectivity index (χ1v) is 12.9. The van der Waals surface area contributed by atoms with Gasteiger partial charge in [-0.3, -0.25) is 9.59 Å². The highest BCUT2D eigenvalue weighted by Gasteiger charge is 2.19. The predicted octanol–water partition coefficient (Wildman–Crippen LogP) is 6.42. The highest BCUT2D eigenvalue weighted by molar-refractivity contribution is 7.21. The number of carbonyl (C=O) groups is 2. The lowest BCUT2D eigenvalue weighted by Gasteiger charge is -2.23. The monoisotopic (exact) mass is 502 g/mol. The van der Waals surface area contributed by atoms with Gasteiger partial charge in [-0.1, -0.05) is 50.2 Å². The van der Waals surface area contributed by atoms with E-state index in [1.54, 1.807) is 42.5 Å². The second kappa shape index (κ2) is 11.8. The van der Waals surface area contributed by atoms with Gasteiger partial charge in [0.05, 0.1) is 23.2 Å². The molecule has 1 aromatic heterocycles. The second-order valence-electron chi connectivity index (χ2n) is 8.73. The molecule has 6 nitrogen and oxygen atoms in total. The number of aromatic nitrogens is 1. The van der Waals surface area contributed by atoms with E-state index in [1.807, 2.05) is 18.2 Å². The number of carbonyl (C=O) groups excluding carboxylic acids is 2. The topological polar surface area (TPSA) is 77.5 Å². The maximum absolute atomic E-state index is 12.3. The molecule has 1 N–H and O–H groups in total. The summed E-state index contributed by atoms with van der Waals surface area (Å²) < 4.78 is 12.4. The molecule has 0 aliphatic heterocycles. The Bertz CT molecular complexity index is 1280. The molecule has 0 fully saturated rings. The molecule has 7 heteroatoms. The van der Waals surface area contributed by atoms with Crippen LogP contribution in [0.3, 0.4) is 0 Å². The lowest BCUT2D eigenvalue weighted by Crippen LogP contribution is -2.26. The van der Waals surface area contributed by atoms with Crippen molar-refractivity contribution in [3.8, 4) is 16.3 Å². The number of benzene rings is 3. The van der Waals surface area contributed by atoms with E-state index in [0.717, 1.165) is 21.7 Å². The van der Waals surface area contributed by atoms with Crippen LogP contribution < -0.4 is 10.1 Å². The van der Waals surface area contributed by atoms with Gasteiger partial charge in [0.2, 0.25) is 0 Å². The number of esters is 1. The maximum atomic E-state index is 12.3. The first kappa shape index (κ1) is 25.4. The molecule has 1 unspecified atom stereocenters. The van der Waals surface area contributed by atoms with E-state index in [2.05, 4.69) is 49.5 Å². The summed E-state index contributed by atoms with van der Waals surface area (Å²) in [4.78, 5) is 28.5. The van der Waals surface area contributed by atoms with Crippen molar-refractivity contribution in [3.05, 3.63) is 83.9 Å². The quantitative estimate of drug-likeness (QED) is 0.253. The van der Waals surface area contributed by atoms with Crippen molar-refractivity contribution >= 4 is 33.4 Å². The van der Waals surface area contributed by atoms with Crippen molar-refractivity contribution in [3.63, 3.8) is 0 Å². The Morgan fingerprint density at radius 3 is 2.36 bits per heavy atom. The number of hydrogen-bond donors (Lipinski definition) is 1. The van der Waals surface area contributed by atoms with Crippen molar-refractivity contribution in [2.45, 2.75) is 33.3 Å². The smallest absolute Gasteiger partial charge is 0.307 e. The third-order valence-electron chi connectivity index (χ3n) is 5.69. The molecule has 0 saturated carbocycles. The summed E-state index contributed by atoms with van der Waals surface area (Å²) in [5, 5.41) is 3.74. The molecule has 0 aliphatic rings. The molecular formula is C29H30N2O4S. The number of thiazole rings is 1. The standard InChI is InChI=1S/C29H30N2O4S/c1-4-34-26(32)17-18-30-28(33)21-13-15-23(16-14-21)35-27(19(2)3)20-9-11-22(12-10-20)29-31-24-7-5-6-8-25(24)36-29/h5-16,19,27H,4,17-18H2,1-3H3,(H,30,33). The Morgan fingerprint density at radius 1 is 0.972 bits per heavy atom. The number of fused-ring (bicyclic) bond motifs is 1.